The fraction of sp³-hybridized carbons (Fsp3) is 0.200. The Bertz CT molecular complexity index is 749. The van der Waals surface area contributed by atoms with Crippen molar-refractivity contribution in [1.82, 2.24) is 14.9 Å². The highest BCUT2D eigenvalue weighted by atomic mass is 16.2. The highest BCUT2D eigenvalue weighted by molar-refractivity contribution is 6.05. The Labute approximate surface area is 126 Å². The first-order valence-corrected chi connectivity index (χ1v) is 6.79. The Balaban J connectivity index is 1.92. The number of anilines is 1. The molecule has 1 aliphatic rings. The van der Waals surface area contributed by atoms with Crippen molar-refractivity contribution in [2.24, 2.45) is 7.05 Å². The number of urea groups is 1. The van der Waals surface area contributed by atoms with E-state index in [2.05, 4.69) is 10.3 Å². The summed E-state index contributed by atoms with van der Waals surface area (Å²) in [5.41, 5.74) is 1.43. The van der Waals surface area contributed by atoms with Gasteiger partial charge in [0.2, 0.25) is 5.91 Å². The largest absolute Gasteiger partial charge is 0.329 e. The molecule has 1 N–H and O–H groups in total. The van der Waals surface area contributed by atoms with Gasteiger partial charge in [-0.2, -0.15) is 0 Å². The van der Waals surface area contributed by atoms with Crippen molar-refractivity contribution >= 4 is 24.0 Å². The number of imide groups is 1. The molecule has 1 fully saturated rings. The molecular formula is C15H14N4O3. The van der Waals surface area contributed by atoms with Crippen LogP contribution in [0.1, 0.15) is 16.8 Å². The molecule has 0 radical (unpaired) electrons. The van der Waals surface area contributed by atoms with Crippen molar-refractivity contribution in [3.8, 4) is 11.4 Å². The average Bonchev–Trinajstić information content (AvgIpc) is 2.89. The molecule has 7 nitrogen and oxygen atoms in total. The Morgan fingerprint density at radius 3 is 2.59 bits per heavy atom. The second-order valence-corrected chi connectivity index (χ2v) is 4.99. The number of nitrogens with one attached hydrogen (secondary N) is 1. The van der Waals surface area contributed by atoms with E-state index in [-0.39, 0.29) is 12.3 Å². The van der Waals surface area contributed by atoms with Gasteiger partial charge >= 0.3 is 6.03 Å². The van der Waals surface area contributed by atoms with Gasteiger partial charge in [0.05, 0.1) is 6.20 Å². The average molecular weight is 298 g/mol. The molecule has 0 aliphatic carbocycles. The molecule has 0 spiro atoms. The molecule has 112 valence electrons. The van der Waals surface area contributed by atoms with E-state index in [9.17, 15) is 14.4 Å². The standard InChI is InChI=1S/C15H14N4O3/c1-18-13(19-7-6-12(21)17-15(19)22)8-16-14(18)11-4-2-10(9-20)3-5-11/h2-5,8-9H,6-7H2,1H3,(H,17,21,22). The summed E-state index contributed by atoms with van der Waals surface area (Å²) < 4.78 is 1.78. The minimum Gasteiger partial charge on any atom is -0.314 e. The maximum Gasteiger partial charge on any atom is 0.329 e. The van der Waals surface area contributed by atoms with E-state index in [0.717, 1.165) is 11.8 Å². The molecule has 0 unspecified atom stereocenters. The summed E-state index contributed by atoms with van der Waals surface area (Å²) in [5.74, 6) is 1.02. The van der Waals surface area contributed by atoms with Gasteiger partial charge in [-0.05, 0) is 0 Å². The summed E-state index contributed by atoms with van der Waals surface area (Å²) in [6.45, 7) is 0.327. The van der Waals surface area contributed by atoms with Crippen molar-refractivity contribution < 1.29 is 14.4 Å². The highest BCUT2D eigenvalue weighted by Gasteiger charge is 2.27. The third-order valence-corrected chi connectivity index (χ3v) is 3.60. The molecule has 0 bridgehead atoms. The van der Waals surface area contributed by atoms with E-state index in [1.165, 1.54) is 4.90 Å². The van der Waals surface area contributed by atoms with Gasteiger partial charge in [0.25, 0.3) is 0 Å². The first-order chi connectivity index (χ1) is 10.6. The molecule has 3 rings (SSSR count). The zero-order valence-corrected chi connectivity index (χ0v) is 11.9. The van der Waals surface area contributed by atoms with Crippen LogP contribution in [0, 0.1) is 0 Å². The lowest BCUT2D eigenvalue weighted by molar-refractivity contribution is -0.120. The van der Waals surface area contributed by atoms with Crippen LogP contribution in [0.2, 0.25) is 0 Å². The molecule has 7 heteroatoms. The maximum atomic E-state index is 11.9. The van der Waals surface area contributed by atoms with Crippen LogP contribution in [-0.4, -0.2) is 34.3 Å². The van der Waals surface area contributed by atoms with E-state index < -0.39 is 6.03 Å². The fourth-order valence-electron chi connectivity index (χ4n) is 2.41. The van der Waals surface area contributed by atoms with Crippen molar-refractivity contribution in [1.29, 1.82) is 0 Å². The molecule has 22 heavy (non-hydrogen) atoms. The number of benzene rings is 1. The number of carbonyl (C=O) groups is 3. The summed E-state index contributed by atoms with van der Waals surface area (Å²) in [7, 11) is 1.80. The van der Waals surface area contributed by atoms with Gasteiger partial charge in [0.1, 0.15) is 17.9 Å². The zero-order valence-electron chi connectivity index (χ0n) is 11.9. The molecule has 1 saturated heterocycles. The highest BCUT2D eigenvalue weighted by Crippen LogP contribution is 2.24. The van der Waals surface area contributed by atoms with Gasteiger partial charge in [-0.3, -0.25) is 19.8 Å². The Morgan fingerprint density at radius 2 is 1.95 bits per heavy atom. The minimum atomic E-state index is -0.442. The van der Waals surface area contributed by atoms with Crippen molar-refractivity contribution in [2.45, 2.75) is 6.42 Å². The predicted molar refractivity (Wildman–Crippen MR) is 79.5 cm³/mol. The van der Waals surface area contributed by atoms with Gasteiger partial charge in [-0.1, -0.05) is 24.3 Å². The Hall–Kier alpha value is -2.96. The molecular weight excluding hydrogens is 284 g/mol. The lowest BCUT2D eigenvalue weighted by atomic mass is 10.1. The molecule has 3 amide bonds. The summed E-state index contributed by atoms with van der Waals surface area (Å²) in [5, 5.41) is 2.29. The van der Waals surface area contributed by atoms with Crippen LogP contribution in [0.3, 0.4) is 0 Å². The van der Waals surface area contributed by atoms with Crippen LogP contribution in [0.4, 0.5) is 10.6 Å². The second kappa shape index (κ2) is 5.44. The molecule has 2 aromatic rings. The predicted octanol–water partition coefficient (Wildman–Crippen LogP) is 1.35. The molecule has 0 saturated carbocycles. The van der Waals surface area contributed by atoms with E-state index >= 15 is 0 Å². The van der Waals surface area contributed by atoms with Crippen molar-refractivity contribution in [3.05, 3.63) is 36.0 Å². The van der Waals surface area contributed by atoms with Crippen LogP contribution in [0.25, 0.3) is 11.4 Å². The minimum absolute atomic E-state index is 0.264. The summed E-state index contributed by atoms with van der Waals surface area (Å²) in [6.07, 6.45) is 2.64. The van der Waals surface area contributed by atoms with Crippen molar-refractivity contribution in [2.75, 3.05) is 11.4 Å². The van der Waals surface area contributed by atoms with Gasteiger partial charge < -0.3 is 4.57 Å². The number of hydrogen-bond acceptors (Lipinski definition) is 4. The number of nitrogens with zero attached hydrogens (tertiary/aromatic N) is 3. The van der Waals surface area contributed by atoms with Gasteiger partial charge in [0.15, 0.2) is 0 Å². The van der Waals surface area contributed by atoms with Crippen molar-refractivity contribution in [3.63, 3.8) is 0 Å². The summed E-state index contributed by atoms with van der Waals surface area (Å²) in [4.78, 5) is 39.6. The third-order valence-electron chi connectivity index (χ3n) is 3.60. The Morgan fingerprint density at radius 1 is 1.23 bits per heavy atom. The molecule has 2 heterocycles. The first-order valence-electron chi connectivity index (χ1n) is 6.79. The number of hydrogen-bond donors (Lipinski definition) is 1. The number of amides is 3. The number of aromatic nitrogens is 2. The molecule has 1 aromatic heterocycles. The second-order valence-electron chi connectivity index (χ2n) is 4.99. The molecule has 1 aliphatic heterocycles. The SMILES string of the molecule is Cn1c(N2CCC(=O)NC2=O)cnc1-c1ccc(C=O)cc1. The number of aldehydes is 1. The van der Waals surface area contributed by atoms with Gasteiger partial charge in [-0.25, -0.2) is 9.78 Å². The van der Waals surface area contributed by atoms with Crippen LogP contribution >= 0.6 is 0 Å². The lowest BCUT2D eigenvalue weighted by Gasteiger charge is -2.26. The first kappa shape index (κ1) is 14.0. The normalized spacial score (nSPS) is 14.9. The number of rotatable bonds is 3. The third kappa shape index (κ3) is 2.37. The maximum absolute atomic E-state index is 11.9. The van der Waals surface area contributed by atoms with Crippen LogP contribution in [-0.2, 0) is 11.8 Å². The fourth-order valence-corrected chi connectivity index (χ4v) is 2.41. The van der Waals surface area contributed by atoms with E-state index in [1.54, 1.807) is 42.1 Å². The van der Waals surface area contributed by atoms with Crippen LogP contribution < -0.4 is 10.2 Å². The zero-order chi connectivity index (χ0) is 15.7. The number of imidazole rings is 1. The monoisotopic (exact) mass is 298 g/mol. The topological polar surface area (TPSA) is 84.3 Å². The van der Waals surface area contributed by atoms with Gasteiger partial charge in [-0.15, -0.1) is 0 Å². The molecule has 0 atom stereocenters. The van der Waals surface area contributed by atoms with Crippen LogP contribution in [0.5, 0.6) is 0 Å². The number of carbonyl (C=O) groups excluding carboxylic acids is 3. The van der Waals surface area contributed by atoms with E-state index in [0.29, 0.717) is 23.8 Å². The van der Waals surface area contributed by atoms with E-state index in [4.69, 9.17) is 0 Å². The quantitative estimate of drug-likeness (QED) is 0.867. The summed E-state index contributed by atoms with van der Waals surface area (Å²) >= 11 is 0. The van der Waals surface area contributed by atoms with Crippen LogP contribution in [0.15, 0.2) is 30.5 Å². The van der Waals surface area contributed by atoms with E-state index in [1.807, 2.05) is 0 Å². The molecule has 1 aromatic carbocycles. The summed E-state index contributed by atoms with van der Waals surface area (Å²) in [6, 6.07) is 6.58. The lowest BCUT2D eigenvalue weighted by Crippen LogP contribution is -2.50. The van der Waals surface area contributed by atoms with Gasteiger partial charge in [0, 0.05) is 31.1 Å². The smallest absolute Gasteiger partial charge is 0.314 e. The Kier molecular flexibility index (Phi) is 3.46.